The molecule has 2 amide bonds. The van der Waals surface area contributed by atoms with Gasteiger partial charge in [0.15, 0.2) is 0 Å². The molecule has 0 aliphatic carbocycles. The van der Waals surface area contributed by atoms with Gasteiger partial charge in [0.05, 0.1) is 5.56 Å². The fourth-order valence-electron chi connectivity index (χ4n) is 2.87. The molecule has 0 saturated heterocycles. The Morgan fingerprint density at radius 1 is 1.12 bits per heavy atom. The summed E-state index contributed by atoms with van der Waals surface area (Å²) in [5.41, 5.74) is 2.69. The minimum absolute atomic E-state index is 0.120. The summed E-state index contributed by atoms with van der Waals surface area (Å²) in [6, 6.07) is 12.5. The van der Waals surface area contributed by atoms with Crippen LogP contribution in [0.25, 0.3) is 0 Å². The third-order valence-electron chi connectivity index (χ3n) is 4.41. The van der Waals surface area contributed by atoms with Gasteiger partial charge in [0.1, 0.15) is 5.75 Å². The van der Waals surface area contributed by atoms with Crippen molar-refractivity contribution in [2.45, 2.75) is 39.5 Å². The summed E-state index contributed by atoms with van der Waals surface area (Å²) in [6.07, 6.45) is 0.340. The molecule has 0 unspecified atom stereocenters. The van der Waals surface area contributed by atoms with Crippen LogP contribution in [-0.2, 0) is 10.2 Å². The molecule has 0 aliphatic rings. The highest BCUT2D eigenvalue weighted by atomic mass is 16.3. The number of phenolic OH excluding ortho intramolecular Hbond substituents is 1. The average Bonchev–Trinajstić information content (AvgIpc) is 2.61. The maximum atomic E-state index is 12.6. The van der Waals surface area contributed by atoms with E-state index >= 15 is 0 Å². The van der Waals surface area contributed by atoms with Gasteiger partial charge in [0, 0.05) is 24.1 Å². The van der Waals surface area contributed by atoms with Crippen LogP contribution in [0.5, 0.6) is 5.75 Å². The van der Waals surface area contributed by atoms with E-state index < -0.39 is 0 Å². The highest BCUT2D eigenvalue weighted by molar-refractivity contribution is 5.99. The second kappa shape index (κ2) is 8.04. The Kier molecular flexibility index (Phi) is 6.03. The summed E-state index contributed by atoms with van der Waals surface area (Å²) < 4.78 is 0. The van der Waals surface area contributed by atoms with E-state index in [1.165, 1.54) is 17.7 Å². The summed E-state index contributed by atoms with van der Waals surface area (Å²) in [5.74, 6) is -0.648. The molecule has 0 bridgehead atoms. The zero-order valence-electron chi connectivity index (χ0n) is 15.7. The van der Waals surface area contributed by atoms with E-state index in [0.29, 0.717) is 18.7 Å². The van der Waals surface area contributed by atoms with Crippen LogP contribution < -0.4 is 10.6 Å². The van der Waals surface area contributed by atoms with Crippen molar-refractivity contribution in [2.75, 3.05) is 11.9 Å². The molecule has 5 nitrogen and oxygen atoms in total. The van der Waals surface area contributed by atoms with E-state index in [-0.39, 0.29) is 28.5 Å². The van der Waals surface area contributed by atoms with Crippen molar-refractivity contribution in [2.24, 2.45) is 0 Å². The summed E-state index contributed by atoms with van der Waals surface area (Å²) in [5, 5.41) is 15.6. The first kappa shape index (κ1) is 19.5. The van der Waals surface area contributed by atoms with Gasteiger partial charge in [-0.05, 0) is 36.2 Å². The minimum atomic E-state index is -0.378. The summed E-state index contributed by atoms with van der Waals surface area (Å²) in [6.45, 7) is 8.34. The lowest BCUT2D eigenvalue weighted by atomic mass is 9.82. The number of carbonyl (C=O) groups excluding carboxylic acids is 2. The van der Waals surface area contributed by atoms with Crippen molar-refractivity contribution in [3.63, 3.8) is 0 Å². The third-order valence-corrected chi connectivity index (χ3v) is 4.41. The van der Waals surface area contributed by atoms with Gasteiger partial charge in [-0.15, -0.1) is 0 Å². The highest BCUT2D eigenvalue weighted by Gasteiger charge is 2.24. The number of aromatic hydroxyl groups is 1. The number of amides is 2. The minimum Gasteiger partial charge on any atom is -0.507 e. The van der Waals surface area contributed by atoms with Gasteiger partial charge in [-0.25, -0.2) is 0 Å². The summed E-state index contributed by atoms with van der Waals surface area (Å²) in [7, 11) is 0. The number of aryl methyl sites for hydroxylation is 1. The predicted octanol–water partition coefficient (Wildman–Crippen LogP) is 3.76. The molecule has 0 saturated carbocycles. The number of anilines is 1. The largest absolute Gasteiger partial charge is 0.507 e. The van der Waals surface area contributed by atoms with Crippen LogP contribution in [0, 0.1) is 6.92 Å². The van der Waals surface area contributed by atoms with E-state index in [4.69, 9.17) is 0 Å². The van der Waals surface area contributed by atoms with Gasteiger partial charge < -0.3 is 15.7 Å². The molecule has 5 heteroatoms. The smallest absolute Gasteiger partial charge is 0.255 e. The van der Waals surface area contributed by atoms with Gasteiger partial charge in [0.25, 0.3) is 5.91 Å². The van der Waals surface area contributed by atoms with Crippen molar-refractivity contribution < 1.29 is 14.7 Å². The van der Waals surface area contributed by atoms with E-state index in [1.807, 2.05) is 25.1 Å². The summed E-state index contributed by atoms with van der Waals surface area (Å²) in [4.78, 5) is 24.1. The lowest BCUT2D eigenvalue weighted by Gasteiger charge is -2.27. The molecule has 2 rings (SSSR count). The van der Waals surface area contributed by atoms with Gasteiger partial charge in [0.2, 0.25) is 5.91 Å². The lowest BCUT2D eigenvalue weighted by Crippen LogP contribution is -2.37. The number of hydrogen-bond donors (Lipinski definition) is 3. The Labute approximate surface area is 154 Å². The molecule has 2 aromatic carbocycles. The van der Waals surface area contributed by atoms with E-state index in [2.05, 4.69) is 30.5 Å². The van der Waals surface area contributed by atoms with Crippen molar-refractivity contribution >= 4 is 17.5 Å². The first-order valence-corrected chi connectivity index (χ1v) is 8.72. The molecule has 0 aliphatic heterocycles. The second-order valence-corrected chi connectivity index (χ2v) is 7.02. The molecular weight excluding hydrogens is 328 g/mol. The van der Waals surface area contributed by atoms with E-state index in [9.17, 15) is 14.7 Å². The van der Waals surface area contributed by atoms with E-state index in [0.717, 1.165) is 5.56 Å². The van der Waals surface area contributed by atoms with Crippen LogP contribution in [-0.4, -0.2) is 23.5 Å². The zero-order valence-corrected chi connectivity index (χ0v) is 15.7. The average molecular weight is 354 g/mol. The van der Waals surface area contributed by atoms with Crippen molar-refractivity contribution in [1.29, 1.82) is 0 Å². The Balaban J connectivity index is 2.13. The Morgan fingerprint density at radius 3 is 2.46 bits per heavy atom. The SMILES string of the molecule is CCC(=O)Nc1ccc(O)c(C(=O)NCC(C)(C)c2ccccc2C)c1. The Bertz CT molecular complexity index is 813. The topological polar surface area (TPSA) is 78.4 Å². The summed E-state index contributed by atoms with van der Waals surface area (Å²) >= 11 is 0. The fraction of sp³-hybridized carbons (Fsp3) is 0.333. The van der Waals surface area contributed by atoms with Gasteiger partial charge in [-0.1, -0.05) is 45.0 Å². The van der Waals surface area contributed by atoms with Gasteiger partial charge >= 0.3 is 0 Å². The maximum absolute atomic E-state index is 12.6. The number of nitrogens with one attached hydrogen (secondary N) is 2. The van der Waals surface area contributed by atoms with Crippen molar-refractivity contribution in [3.8, 4) is 5.75 Å². The van der Waals surface area contributed by atoms with Gasteiger partial charge in [-0.2, -0.15) is 0 Å². The van der Waals surface area contributed by atoms with Crippen LogP contribution in [0.3, 0.4) is 0 Å². The van der Waals surface area contributed by atoms with Gasteiger partial charge in [-0.3, -0.25) is 9.59 Å². The number of rotatable bonds is 6. The molecular formula is C21H26N2O3. The molecule has 138 valence electrons. The third kappa shape index (κ3) is 4.63. The fourth-order valence-corrected chi connectivity index (χ4v) is 2.87. The molecule has 2 aromatic rings. The molecule has 0 spiro atoms. The highest BCUT2D eigenvalue weighted by Crippen LogP contribution is 2.26. The van der Waals surface area contributed by atoms with Crippen LogP contribution in [0.4, 0.5) is 5.69 Å². The quantitative estimate of drug-likeness (QED) is 0.691. The normalized spacial score (nSPS) is 11.1. The zero-order chi connectivity index (χ0) is 19.3. The Hall–Kier alpha value is -2.82. The number of benzene rings is 2. The number of hydrogen-bond acceptors (Lipinski definition) is 3. The predicted molar refractivity (Wildman–Crippen MR) is 104 cm³/mol. The van der Waals surface area contributed by atoms with Crippen LogP contribution in [0.1, 0.15) is 48.7 Å². The maximum Gasteiger partial charge on any atom is 0.255 e. The molecule has 0 atom stereocenters. The van der Waals surface area contributed by atoms with Crippen LogP contribution in [0.2, 0.25) is 0 Å². The first-order valence-electron chi connectivity index (χ1n) is 8.72. The van der Waals surface area contributed by atoms with Crippen molar-refractivity contribution in [3.05, 3.63) is 59.2 Å². The lowest BCUT2D eigenvalue weighted by molar-refractivity contribution is -0.115. The monoisotopic (exact) mass is 354 g/mol. The standard InChI is InChI=1S/C21H26N2O3/c1-5-19(25)23-15-10-11-18(24)16(12-15)20(26)22-13-21(3,4)17-9-7-6-8-14(17)2/h6-12,24H,5,13H2,1-4H3,(H,22,26)(H,23,25). The van der Waals surface area contributed by atoms with Crippen LogP contribution in [0.15, 0.2) is 42.5 Å². The molecule has 3 N–H and O–H groups in total. The first-order chi connectivity index (χ1) is 12.2. The number of phenols is 1. The van der Waals surface area contributed by atoms with E-state index in [1.54, 1.807) is 13.0 Å². The molecule has 0 heterocycles. The molecule has 0 aromatic heterocycles. The molecule has 0 radical (unpaired) electrons. The second-order valence-electron chi connectivity index (χ2n) is 7.02. The van der Waals surface area contributed by atoms with Crippen LogP contribution >= 0.6 is 0 Å². The number of carbonyl (C=O) groups is 2. The Morgan fingerprint density at radius 2 is 1.81 bits per heavy atom. The molecule has 26 heavy (non-hydrogen) atoms. The molecule has 0 fully saturated rings. The van der Waals surface area contributed by atoms with Crippen molar-refractivity contribution in [1.82, 2.24) is 5.32 Å².